The molecule has 8 nitrogen and oxygen atoms in total. The number of pyridine rings is 1. The zero-order valence-electron chi connectivity index (χ0n) is 20.4. The van der Waals surface area contributed by atoms with Gasteiger partial charge in [0.15, 0.2) is 6.10 Å². The molecule has 2 heterocycles. The highest BCUT2D eigenvalue weighted by atomic mass is 16.6. The summed E-state index contributed by atoms with van der Waals surface area (Å²) in [5, 5.41) is 0. The third kappa shape index (κ3) is 4.77. The maximum atomic E-state index is 13.8. The molecule has 3 aromatic rings. The summed E-state index contributed by atoms with van der Waals surface area (Å²) in [6.07, 6.45) is 4.66. The lowest BCUT2D eigenvalue weighted by molar-refractivity contribution is -0.154. The number of aromatic nitrogens is 1. The molecule has 0 saturated heterocycles. The summed E-state index contributed by atoms with van der Waals surface area (Å²) >= 11 is 0. The molecule has 0 radical (unpaired) electrons. The fourth-order valence-electron chi connectivity index (χ4n) is 4.58. The summed E-state index contributed by atoms with van der Waals surface area (Å²) < 4.78 is 16.6. The van der Waals surface area contributed by atoms with Crippen LogP contribution in [0.1, 0.15) is 41.8 Å². The quantitative estimate of drug-likeness (QED) is 0.424. The predicted octanol–water partition coefficient (Wildman–Crippen LogP) is 4.75. The van der Waals surface area contributed by atoms with Gasteiger partial charge in [-0.15, -0.1) is 0 Å². The average molecular weight is 488 g/mol. The van der Waals surface area contributed by atoms with Gasteiger partial charge in [0.05, 0.1) is 18.5 Å². The Bertz CT molecular complexity index is 1260. The summed E-state index contributed by atoms with van der Waals surface area (Å²) in [7, 11) is 1.33. The van der Waals surface area contributed by atoms with Crippen LogP contribution in [-0.2, 0) is 14.3 Å². The van der Waals surface area contributed by atoms with E-state index in [4.69, 9.17) is 14.2 Å². The van der Waals surface area contributed by atoms with Crippen molar-refractivity contribution in [3.8, 4) is 11.5 Å². The number of anilines is 2. The molecule has 2 aromatic carbocycles. The maximum Gasteiger partial charge on any atom is 0.339 e. The zero-order valence-corrected chi connectivity index (χ0v) is 20.4. The van der Waals surface area contributed by atoms with Gasteiger partial charge in [0.25, 0.3) is 5.91 Å². The van der Waals surface area contributed by atoms with E-state index in [1.54, 1.807) is 41.4 Å². The van der Waals surface area contributed by atoms with Crippen molar-refractivity contribution in [1.82, 2.24) is 4.98 Å². The normalized spacial score (nSPS) is 15.7. The van der Waals surface area contributed by atoms with Crippen LogP contribution in [0.2, 0.25) is 0 Å². The number of methoxy groups -OCH3 is 1. The van der Waals surface area contributed by atoms with Crippen LogP contribution in [-0.4, -0.2) is 49.7 Å². The van der Waals surface area contributed by atoms with Gasteiger partial charge < -0.3 is 24.0 Å². The molecule has 1 unspecified atom stereocenters. The Morgan fingerprint density at radius 3 is 2.61 bits per heavy atom. The Kier molecular flexibility index (Phi) is 6.86. The molecule has 1 amide bonds. The van der Waals surface area contributed by atoms with Crippen molar-refractivity contribution < 1.29 is 23.8 Å². The number of rotatable bonds is 8. The minimum atomic E-state index is -0.860. The summed E-state index contributed by atoms with van der Waals surface area (Å²) in [5.74, 6) is 0.206. The summed E-state index contributed by atoms with van der Waals surface area (Å²) in [5.41, 5.74) is 2.96. The van der Waals surface area contributed by atoms with E-state index >= 15 is 0 Å². The Morgan fingerprint density at radius 1 is 1.06 bits per heavy atom. The van der Waals surface area contributed by atoms with Gasteiger partial charge in [0.1, 0.15) is 17.1 Å². The summed E-state index contributed by atoms with van der Waals surface area (Å²) in [4.78, 5) is 34.4. The minimum absolute atomic E-state index is 0.168. The summed E-state index contributed by atoms with van der Waals surface area (Å²) in [6.45, 7) is 3.54. The largest absolute Gasteiger partial charge is 0.467 e. The third-order valence-corrected chi connectivity index (χ3v) is 6.43. The number of hydrogen-bond acceptors (Lipinski definition) is 7. The number of ether oxygens (including phenoxy) is 3. The van der Waals surface area contributed by atoms with E-state index in [1.165, 1.54) is 26.1 Å². The SMILES string of the molecule is CCOC(C(=O)OC)c1cccc(Oc2ccncc2C(=O)N2CCN(C3CC3)c3ccccc32)c1. The average Bonchev–Trinajstić information content (AvgIpc) is 3.76. The second-order valence-electron chi connectivity index (χ2n) is 8.78. The van der Waals surface area contributed by atoms with Crippen LogP contribution in [0, 0.1) is 0 Å². The molecule has 1 aromatic heterocycles. The fraction of sp³-hybridized carbons (Fsp3) is 0.321. The van der Waals surface area contributed by atoms with Crippen LogP contribution in [0.3, 0.4) is 0 Å². The lowest BCUT2D eigenvalue weighted by Gasteiger charge is -2.38. The first-order chi connectivity index (χ1) is 17.6. The number of para-hydroxylation sites is 2. The van der Waals surface area contributed by atoms with Crippen molar-refractivity contribution in [2.45, 2.75) is 31.9 Å². The number of amides is 1. The molecule has 8 heteroatoms. The predicted molar refractivity (Wildman–Crippen MR) is 136 cm³/mol. The van der Waals surface area contributed by atoms with Gasteiger partial charge in [-0.05, 0) is 55.7 Å². The van der Waals surface area contributed by atoms with E-state index in [-0.39, 0.29) is 5.91 Å². The van der Waals surface area contributed by atoms with E-state index in [0.717, 1.165) is 17.9 Å². The fourth-order valence-corrected chi connectivity index (χ4v) is 4.58. The molecule has 1 atom stereocenters. The molecule has 1 aliphatic heterocycles. The highest BCUT2D eigenvalue weighted by Crippen LogP contribution is 2.41. The van der Waals surface area contributed by atoms with Crippen LogP contribution in [0.15, 0.2) is 67.0 Å². The number of carbonyl (C=O) groups excluding carboxylic acids is 2. The van der Waals surface area contributed by atoms with Crippen molar-refractivity contribution in [3.63, 3.8) is 0 Å². The molecule has 36 heavy (non-hydrogen) atoms. The van der Waals surface area contributed by atoms with Crippen molar-refractivity contribution in [3.05, 3.63) is 78.1 Å². The van der Waals surface area contributed by atoms with Crippen LogP contribution in [0.25, 0.3) is 0 Å². The standard InChI is InChI=1S/C28H29N3O5/c1-3-35-26(28(33)34-2)19-7-6-8-21(17-19)36-25-13-14-29-18-22(25)27(32)31-16-15-30(20-11-12-20)23-9-4-5-10-24(23)31/h4-10,13-14,17-18,20,26H,3,11-12,15-16H2,1-2H3. The highest BCUT2D eigenvalue weighted by molar-refractivity contribution is 6.09. The Morgan fingerprint density at radius 2 is 1.86 bits per heavy atom. The highest BCUT2D eigenvalue weighted by Gasteiger charge is 2.36. The number of nitrogens with zero attached hydrogens (tertiary/aromatic N) is 3. The van der Waals surface area contributed by atoms with Crippen LogP contribution in [0.5, 0.6) is 11.5 Å². The van der Waals surface area contributed by atoms with Crippen molar-refractivity contribution in [2.75, 3.05) is 36.6 Å². The lowest BCUT2D eigenvalue weighted by atomic mass is 10.1. The molecular formula is C28H29N3O5. The second-order valence-corrected chi connectivity index (χ2v) is 8.78. The van der Waals surface area contributed by atoms with Crippen LogP contribution >= 0.6 is 0 Å². The molecule has 1 aliphatic carbocycles. The van der Waals surface area contributed by atoms with Crippen molar-refractivity contribution in [1.29, 1.82) is 0 Å². The molecule has 5 rings (SSSR count). The first kappa shape index (κ1) is 23.8. The molecule has 0 N–H and O–H groups in total. The second kappa shape index (κ2) is 10.4. The molecule has 1 fully saturated rings. The van der Waals surface area contributed by atoms with Gasteiger partial charge in [-0.3, -0.25) is 9.78 Å². The monoisotopic (exact) mass is 487 g/mol. The van der Waals surface area contributed by atoms with Crippen molar-refractivity contribution >= 4 is 23.3 Å². The molecule has 2 aliphatic rings. The van der Waals surface area contributed by atoms with E-state index in [0.29, 0.717) is 41.8 Å². The lowest BCUT2D eigenvalue weighted by Crippen LogP contribution is -2.45. The number of benzene rings is 2. The van der Waals surface area contributed by atoms with E-state index in [1.807, 2.05) is 25.1 Å². The molecule has 0 bridgehead atoms. The maximum absolute atomic E-state index is 13.8. The minimum Gasteiger partial charge on any atom is -0.467 e. The van der Waals surface area contributed by atoms with E-state index < -0.39 is 12.1 Å². The molecule has 186 valence electrons. The molecule has 0 spiro atoms. The van der Waals surface area contributed by atoms with E-state index in [9.17, 15) is 9.59 Å². The first-order valence-electron chi connectivity index (χ1n) is 12.2. The number of hydrogen-bond donors (Lipinski definition) is 0. The van der Waals surface area contributed by atoms with Gasteiger partial charge in [-0.25, -0.2) is 4.79 Å². The van der Waals surface area contributed by atoms with Gasteiger partial charge >= 0.3 is 5.97 Å². The van der Waals surface area contributed by atoms with Gasteiger partial charge in [0.2, 0.25) is 0 Å². The number of esters is 1. The first-order valence-corrected chi connectivity index (χ1v) is 12.2. The third-order valence-electron chi connectivity index (χ3n) is 6.43. The van der Waals surface area contributed by atoms with Gasteiger partial charge in [-0.2, -0.15) is 0 Å². The number of carbonyl (C=O) groups is 2. The van der Waals surface area contributed by atoms with Crippen molar-refractivity contribution in [2.24, 2.45) is 0 Å². The van der Waals surface area contributed by atoms with E-state index in [2.05, 4.69) is 16.0 Å². The topological polar surface area (TPSA) is 81.2 Å². The number of fused-ring (bicyclic) bond motifs is 1. The smallest absolute Gasteiger partial charge is 0.339 e. The molecular weight excluding hydrogens is 458 g/mol. The Labute approximate surface area is 210 Å². The summed E-state index contributed by atoms with van der Waals surface area (Å²) in [6, 6.07) is 17.3. The molecule has 1 saturated carbocycles. The Balaban J connectivity index is 1.42. The van der Waals surface area contributed by atoms with Crippen LogP contribution < -0.4 is 14.5 Å². The zero-order chi connectivity index (χ0) is 25.1. The Hall–Kier alpha value is -3.91. The van der Waals surface area contributed by atoms with Gasteiger partial charge in [-0.1, -0.05) is 24.3 Å². The van der Waals surface area contributed by atoms with Gasteiger partial charge in [0, 0.05) is 38.1 Å². The van der Waals surface area contributed by atoms with Crippen LogP contribution in [0.4, 0.5) is 11.4 Å².